The van der Waals surface area contributed by atoms with Gasteiger partial charge in [-0.2, -0.15) is 0 Å². The quantitative estimate of drug-likeness (QED) is 0.784. The summed E-state index contributed by atoms with van der Waals surface area (Å²) in [5.41, 5.74) is 7.82. The average Bonchev–Trinajstić information content (AvgIpc) is 2.55. The van der Waals surface area contributed by atoms with Gasteiger partial charge in [0, 0.05) is 32.7 Å². The first-order valence-corrected chi connectivity index (χ1v) is 7.61. The molecule has 6 heteroatoms. The van der Waals surface area contributed by atoms with Gasteiger partial charge in [0.15, 0.2) is 0 Å². The minimum absolute atomic E-state index is 0.0355. The number of benzene rings is 1. The van der Waals surface area contributed by atoms with Crippen LogP contribution in [0.1, 0.15) is 11.1 Å². The zero-order chi connectivity index (χ0) is 15.9. The molecule has 0 spiro atoms. The fourth-order valence-corrected chi connectivity index (χ4v) is 2.54. The number of hydrogen-bond donors (Lipinski definition) is 2. The number of nitrogens with zero attached hydrogens (tertiary/aromatic N) is 2. The Morgan fingerprint density at radius 3 is 2.50 bits per heavy atom. The smallest absolute Gasteiger partial charge is 0.242 e. The van der Waals surface area contributed by atoms with Crippen molar-refractivity contribution in [2.24, 2.45) is 5.73 Å². The van der Waals surface area contributed by atoms with Crippen LogP contribution in [-0.2, 0) is 16.1 Å². The summed E-state index contributed by atoms with van der Waals surface area (Å²) in [5.74, 6) is -0.344. The number of nitrogens with two attached hydrogens (primary N) is 1. The van der Waals surface area contributed by atoms with Crippen molar-refractivity contribution >= 4 is 11.8 Å². The van der Waals surface area contributed by atoms with Crippen LogP contribution in [0, 0.1) is 6.92 Å². The van der Waals surface area contributed by atoms with Crippen LogP contribution in [-0.4, -0.2) is 60.9 Å². The molecule has 0 bridgehead atoms. The molecule has 1 fully saturated rings. The standard InChI is InChI=1S/C16H24N4O2/c1-13-4-2-3-5-14(13)12-19-6-8-20(9-7-19)16(22)11-18-15(21)10-17/h2-5H,6-12,17H2,1H3,(H,18,21). The molecule has 3 N–H and O–H groups in total. The molecule has 6 nitrogen and oxygen atoms in total. The van der Waals surface area contributed by atoms with Crippen LogP contribution in [0.2, 0.25) is 0 Å². The maximum absolute atomic E-state index is 12.0. The van der Waals surface area contributed by atoms with Gasteiger partial charge in [0.2, 0.25) is 11.8 Å². The molecule has 1 aliphatic rings. The Balaban J connectivity index is 1.77. The molecule has 120 valence electrons. The van der Waals surface area contributed by atoms with Crippen LogP contribution in [0.3, 0.4) is 0 Å². The lowest BCUT2D eigenvalue weighted by molar-refractivity contribution is -0.134. The Bertz CT molecular complexity index is 525. The first-order valence-electron chi connectivity index (χ1n) is 7.61. The Hall–Kier alpha value is -1.92. The zero-order valence-electron chi connectivity index (χ0n) is 13.0. The van der Waals surface area contributed by atoms with Crippen molar-refractivity contribution in [3.63, 3.8) is 0 Å². The van der Waals surface area contributed by atoms with Crippen molar-refractivity contribution in [1.82, 2.24) is 15.1 Å². The van der Waals surface area contributed by atoms with E-state index in [1.807, 2.05) is 6.07 Å². The van der Waals surface area contributed by atoms with E-state index in [2.05, 4.69) is 35.3 Å². The first kappa shape index (κ1) is 16.5. The molecule has 2 rings (SSSR count). The molecule has 1 aliphatic heterocycles. The molecule has 1 aromatic carbocycles. The molecule has 1 saturated heterocycles. The number of amides is 2. The monoisotopic (exact) mass is 304 g/mol. The van der Waals surface area contributed by atoms with Gasteiger partial charge in [-0.05, 0) is 18.1 Å². The number of hydrogen-bond acceptors (Lipinski definition) is 4. The highest BCUT2D eigenvalue weighted by molar-refractivity contribution is 5.85. The van der Waals surface area contributed by atoms with Gasteiger partial charge in [-0.15, -0.1) is 0 Å². The largest absolute Gasteiger partial charge is 0.346 e. The van der Waals surface area contributed by atoms with Gasteiger partial charge in [0.1, 0.15) is 0 Å². The summed E-state index contributed by atoms with van der Waals surface area (Å²) >= 11 is 0. The molecule has 0 saturated carbocycles. The highest BCUT2D eigenvalue weighted by Crippen LogP contribution is 2.12. The van der Waals surface area contributed by atoms with Gasteiger partial charge in [-0.25, -0.2) is 0 Å². The molecule has 1 aromatic rings. The highest BCUT2D eigenvalue weighted by Gasteiger charge is 2.21. The minimum Gasteiger partial charge on any atom is -0.346 e. The number of carbonyl (C=O) groups excluding carboxylic acids is 2. The van der Waals surface area contributed by atoms with E-state index in [0.717, 1.165) is 19.6 Å². The topological polar surface area (TPSA) is 78.7 Å². The van der Waals surface area contributed by atoms with Gasteiger partial charge in [0.25, 0.3) is 0 Å². The van der Waals surface area contributed by atoms with E-state index in [1.54, 1.807) is 4.90 Å². The molecule has 0 radical (unpaired) electrons. The van der Waals surface area contributed by atoms with Crippen LogP contribution in [0.15, 0.2) is 24.3 Å². The predicted molar refractivity (Wildman–Crippen MR) is 85.1 cm³/mol. The second-order valence-corrected chi connectivity index (χ2v) is 5.56. The van der Waals surface area contributed by atoms with Crippen LogP contribution in [0.4, 0.5) is 0 Å². The number of aryl methyl sites for hydroxylation is 1. The van der Waals surface area contributed by atoms with Crippen LogP contribution in [0.5, 0.6) is 0 Å². The lowest BCUT2D eigenvalue weighted by Crippen LogP contribution is -2.51. The number of piperazine rings is 1. The lowest BCUT2D eigenvalue weighted by atomic mass is 10.1. The molecule has 0 aromatic heterocycles. The molecule has 1 heterocycles. The zero-order valence-corrected chi connectivity index (χ0v) is 13.0. The van der Waals surface area contributed by atoms with Crippen molar-refractivity contribution in [3.05, 3.63) is 35.4 Å². The number of rotatable bonds is 5. The summed E-state index contributed by atoms with van der Waals surface area (Å²) in [4.78, 5) is 27.2. The maximum atomic E-state index is 12.0. The molecular weight excluding hydrogens is 280 g/mol. The molecule has 0 aliphatic carbocycles. The first-order chi connectivity index (χ1) is 10.6. The fourth-order valence-electron chi connectivity index (χ4n) is 2.54. The predicted octanol–water partition coefficient (Wildman–Crippen LogP) is -0.286. The van der Waals surface area contributed by atoms with Crippen molar-refractivity contribution in [2.75, 3.05) is 39.3 Å². The van der Waals surface area contributed by atoms with E-state index in [1.165, 1.54) is 11.1 Å². The van der Waals surface area contributed by atoms with Crippen molar-refractivity contribution in [3.8, 4) is 0 Å². The normalized spacial score (nSPS) is 15.6. The summed E-state index contributed by atoms with van der Waals surface area (Å²) in [6, 6.07) is 8.37. The molecule has 0 unspecified atom stereocenters. The van der Waals surface area contributed by atoms with Crippen LogP contribution < -0.4 is 11.1 Å². The van der Waals surface area contributed by atoms with E-state index < -0.39 is 0 Å². The Morgan fingerprint density at radius 1 is 1.18 bits per heavy atom. The lowest BCUT2D eigenvalue weighted by Gasteiger charge is -2.35. The third-order valence-electron chi connectivity index (χ3n) is 4.00. The molecule has 0 atom stereocenters. The Kier molecular flexibility index (Phi) is 5.91. The van der Waals surface area contributed by atoms with Crippen LogP contribution >= 0.6 is 0 Å². The van der Waals surface area contributed by atoms with Crippen molar-refractivity contribution < 1.29 is 9.59 Å². The highest BCUT2D eigenvalue weighted by atomic mass is 16.2. The van der Waals surface area contributed by atoms with Crippen LogP contribution in [0.25, 0.3) is 0 Å². The van der Waals surface area contributed by atoms with E-state index in [9.17, 15) is 9.59 Å². The summed E-state index contributed by atoms with van der Waals surface area (Å²) in [5, 5.41) is 2.52. The fraction of sp³-hybridized carbons (Fsp3) is 0.500. The van der Waals surface area contributed by atoms with E-state index in [0.29, 0.717) is 13.1 Å². The van der Waals surface area contributed by atoms with Gasteiger partial charge in [0.05, 0.1) is 13.1 Å². The Morgan fingerprint density at radius 2 is 1.86 bits per heavy atom. The van der Waals surface area contributed by atoms with Gasteiger partial charge >= 0.3 is 0 Å². The molecule has 2 amide bonds. The average molecular weight is 304 g/mol. The summed E-state index contributed by atoms with van der Waals surface area (Å²) in [6.07, 6.45) is 0. The molecule has 22 heavy (non-hydrogen) atoms. The molecular formula is C16H24N4O2. The SMILES string of the molecule is Cc1ccccc1CN1CCN(C(=O)CNC(=O)CN)CC1. The number of nitrogens with one attached hydrogen (secondary N) is 1. The van der Waals surface area contributed by atoms with E-state index >= 15 is 0 Å². The van der Waals surface area contributed by atoms with Crippen molar-refractivity contribution in [2.45, 2.75) is 13.5 Å². The van der Waals surface area contributed by atoms with Gasteiger partial charge in [-0.1, -0.05) is 24.3 Å². The second kappa shape index (κ2) is 7.91. The number of carbonyl (C=O) groups is 2. The third-order valence-corrected chi connectivity index (χ3v) is 4.00. The minimum atomic E-state index is -0.300. The Labute approximate surface area is 131 Å². The van der Waals surface area contributed by atoms with E-state index in [4.69, 9.17) is 5.73 Å². The second-order valence-electron chi connectivity index (χ2n) is 5.56. The summed E-state index contributed by atoms with van der Waals surface area (Å²) in [7, 11) is 0. The summed E-state index contributed by atoms with van der Waals surface area (Å²) < 4.78 is 0. The summed E-state index contributed by atoms with van der Waals surface area (Å²) in [6.45, 7) is 6.08. The van der Waals surface area contributed by atoms with Gasteiger partial charge < -0.3 is 16.0 Å². The maximum Gasteiger partial charge on any atom is 0.242 e. The van der Waals surface area contributed by atoms with E-state index in [-0.39, 0.29) is 24.9 Å². The van der Waals surface area contributed by atoms with Crippen molar-refractivity contribution in [1.29, 1.82) is 0 Å². The third kappa shape index (κ3) is 4.54. The van der Waals surface area contributed by atoms with Gasteiger partial charge in [-0.3, -0.25) is 14.5 Å².